The number of nitrogens with zero attached hydrogens (tertiary/aromatic N) is 1. The van der Waals surface area contributed by atoms with Crippen molar-refractivity contribution >= 4 is 17.6 Å². The first-order valence-electron chi connectivity index (χ1n) is 8.44. The molecular weight excluding hydrogens is 348 g/mol. The summed E-state index contributed by atoms with van der Waals surface area (Å²) in [5, 5.41) is 13.1. The summed E-state index contributed by atoms with van der Waals surface area (Å²) in [5.41, 5.74) is 1.99. The third-order valence-electron chi connectivity index (χ3n) is 3.93. The Labute approximate surface area is 157 Å². The fourth-order valence-electron chi connectivity index (χ4n) is 2.33. The summed E-state index contributed by atoms with van der Waals surface area (Å²) in [7, 11) is 0. The summed E-state index contributed by atoms with van der Waals surface area (Å²) < 4.78 is 5.14. The highest BCUT2D eigenvalue weighted by Crippen LogP contribution is 2.22. The molecule has 2 aromatic carbocycles. The normalized spacial score (nSPS) is 10.9. The zero-order valence-electron chi connectivity index (χ0n) is 15.5. The van der Waals surface area contributed by atoms with E-state index >= 15 is 0 Å². The van der Waals surface area contributed by atoms with Crippen LogP contribution in [0, 0.1) is 10.1 Å². The lowest BCUT2D eigenvalue weighted by Crippen LogP contribution is -2.30. The van der Waals surface area contributed by atoms with E-state index in [9.17, 15) is 19.7 Å². The van der Waals surface area contributed by atoms with Crippen molar-refractivity contribution in [2.45, 2.75) is 32.8 Å². The number of hydrogen-bond acceptors (Lipinski definition) is 5. The van der Waals surface area contributed by atoms with Gasteiger partial charge in [-0.3, -0.25) is 19.7 Å². The van der Waals surface area contributed by atoms with Crippen molar-refractivity contribution in [1.29, 1.82) is 0 Å². The smallest absolute Gasteiger partial charge is 0.325 e. The van der Waals surface area contributed by atoms with Gasteiger partial charge in [-0.25, -0.2) is 0 Å². The molecule has 0 atom stereocenters. The van der Waals surface area contributed by atoms with Crippen LogP contribution < -0.4 is 5.32 Å². The molecule has 142 valence electrons. The van der Waals surface area contributed by atoms with Crippen LogP contribution in [0.2, 0.25) is 0 Å². The van der Waals surface area contributed by atoms with Crippen molar-refractivity contribution in [2.24, 2.45) is 0 Å². The second kappa shape index (κ2) is 8.44. The van der Waals surface area contributed by atoms with Gasteiger partial charge in [0.05, 0.1) is 4.92 Å². The molecule has 2 rings (SSSR count). The first-order chi connectivity index (χ1) is 12.7. The van der Waals surface area contributed by atoms with Crippen molar-refractivity contribution in [2.75, 3.05) is 6.54 Å². The number of esters is 1. The van der Waals surface area contributed by atoms with E-state index in [1.165, 1.54) is 23.8 Å². The molecule has 0 saturated carbocycles. The number of hydrogen-bond donors (Lipinski definition) is 1. The van der Waals surface area contributed by atoms with Gasteiger partial charge in [0.2, 0.25) is 0 Å². The van der Waals surface area contributed by atoms with Crippen molar-refractivity contribution in [3.8, 4) is 0 Å². The van der Waals surface area contributed by atoms with Gasteiger partial charge in [-0.1, -0.05) is 51.1 Å². The second-order valence-electron chi connectivity index (χ2n) is 7.10. The van der Waals surface area contributed by atoms with E-state index in [0.29, 0.717) is 0 Å². The maximum atomic E-state index is 12.0. The highest BCUT2D eigenvalue weighted by atomic mass is 16.6. The fraction of sp³-hybridized carbons (Fsp3) is 0.300. The van der Waals surface area contributed by atoms with E-state index in [2.05, 4.69) is 26.1 Å². The number of amides is 1. The maximum absolute atomic E-state index is 12.0. The van der Waals surface area contributed by atoms with Gasteiger partial charge in [0.25, 0.3) is 11.6 Å². The number of carbonyl (C=O) groups is 2. The maximum Gasteiger partial charge on any atom is 0.325 e. The molecule has 0 bridgehead atoms. The zero-order chi connectivity index (χ0) is 20.0. The average molecular weight is 370 g/mol. The summed E-state index contributed by atoms with van der Waals surface area (Å²) in [5.74, 6) is -1.17. The molecule has 0 aromatic heterocycles. The Balaban J connectivity index is 1.83. The molecule has 0 unspecified atom stereocenters. The first kappa shape index (κ1) is 20.1. The van der Waals surface area contributed by atoms with Crippen LogP contribution in [0.1, 0.15) is 42.3 Å². The van der Waals surface area contributed by atoms with Crippen molar-refractivity contribution < 1.29 is 19.2 Å². The van der Waals surface area contributed by atoms with Crippen LogP contribution in [-0.2, 0) is 21.6 Å². The number of carbonyl (C=O) groups excluding carboxylic acids is 2. The van der Waals surface area contributed by atoms with E-state index in [4.69, 9.17) is 4.74 Å². The minimum absolute atomic E-state index is 0.0476. The van der Waals surface area contributed by atoms with Crippen LogP contribution in [0.15, 0.2) is 48.5 Å². The van der Waals surface area contributed by atoms with Crippen LogP contribution in [0.5, 0.6) is 0 Å². The average Bonchev–Trinajstić information content (AvgIpc) is 2.64. The van der Waals surface area contributed by atoms with Gasteiger partial charge in [0.1, 0.15) is 13.2 Å². The minimum atomic E-state index is -0.589. The molecule has 2 aromatic rings. The molecule has 0 heterocycles. The number of nitro groups is 1. The van der Waals surface area contributed by atoms with Crippen LogP contribution in [0.25, 0.3) is 0 Å². The molecule has 0 aliphatic carbocycles. The van der Waals surface area contributed by atoms with Crippen LogP contribution in [-0.4, -0.2) is 23.3 Å². The van der Waals surface area contributed by atoms with E-state index in [-0.39, 0.29) is 29.8 Å². The van der Waals surface area contributed by atoms with Gasteiger partial charge in [0, 0.05) is 17.7 Å². The van der Waals surface area contributed by atoms with Gasteiger partial charge in [0.15, 0.2) is 0 Å². The highest BCUT2D eigenvalue weighted by molar-refractivity contribution is 5.96. The van der Waals surface area contributed by atoms with Crippen LogP contribution in [0.4, 0.5) is 5.69 Å². The topological polar surface area (TPSA) is 98.5 Å². The lowest BCUT2D eigenvalue weighted by Gasteiger charge is -2.19. The van der Waals surface area contributed by atoms with Crippen molar-refractivity contribution in [1.82, 2.24) is 5.32 Å². The Morgan fingerprint density at radius 3 is 2.37 bits per heavy atom. The first-order valence-corrected chi connectivity index (χ1v) is 8.44. The molecule has 0 fully saturated rings. The third-order valence-corrected chi connectivity index (χ3v) is 3.93. The Hall–Kier alpha value is -3.22. The SMILES string of the molecule is CC(C)(C)c1ccc(COC(=O)CNC(=O)c2cccc([N+](=O)[O-])c2)cc1. The van der Waals surface area contributed by atoms with Crippen molar-refractivity contribution in [3.63, 3.8) is 0 Å². The molecule has 0 aliphatic rings. The van der Waals surface area contributed by atoms with Gasteiger partial charge in [-0.15, -0.1) is 0 Å². The summed E-state index contributed by atoms with van der Waals surface area (Å²) in [6.45, 7) is 6.14. The number of rotatable bonds is 6. The monoisotopic (exact) mass is 370 g/mol. The summed E-state index contributed by atoms with van der Waals surface area (Å²) in [6, 6.07) is 13.1. The van der Waals surface area contributed by atoms with Gasteiger partial charge < -0.3 is 10.1 Å². The summed E-state index contributed by atoms with van der Waals surface area (Å²) in [4.78, 5) is 33.9. The molecule has 1 amide bonds. The lowest BCUT2D eigenvalue weighted by atomic mass is 9.87. The van der Waals surface area contributed by atoms with E-state index in [1.807, 2.05) is 24.3 Å². The Morgan fingerprint density at radius 2 is 1.78 bits per heavy atom. The molecule has 7 heteroatoms. The highest BCUT2D eigenvalue weighted by Gasteiger charge is 2.14. The Kier molecular flexibility index (Phi) is 6.28. The van der Waals surface area contributed by atoms with E-state index < -0.39 is 16.8 Å². The number of non-ortho nitro benzene ring substituents is 1. The third kappa shape index (κ3) is 5.91. The lowest BCUT2D eigenvalue weighted by molar-refractivity contribution is -0.384. The molecular formula is C20H22N2O5. The van der Waals surface area contributed by atoms with Crippen LogP contribution >= 0.6 is 0 Å². The summed E-state index contributed by atoms with van der Waals surface area (Å²) >= 11 is 0. The van der Waals surface area contributed by atoms with Crippen LogP contribution in [0.3, 0.4) is 0 Å². The Bertz CT molecular complexity index is 838. The predicted octanol–water partition coefficient (Wildman–Crippen LogP) is 3.37. The fourth-order valence-corrected chi connectivity index (χ4v) is 2.33. The number of benzene rings is 2. The number of nitrogens with one attached hydrogen (secondary N) is 1. The van der Waals surface area contributed by atoms with Gasteiger partial charge in [-0.05, 0) is 22.6 Å². The standard InChI is InChI=1S/C20H22N2O5/c1-20(2,3)16-9-7-14(8-10-16)13-27-18(23)12-21-19(24)15-5-4-6-17(11-15)22(25)26/h4-11H,12-13H2,1-3H3,(H,21,24). The molecule has 27 heavy (non-hydrogen) atoms. The van der Waals surface area contributed by atoms with Crippen molar-refractivity contribution in [3.05, 3.63) is 75.3 Å². The largest absolute Gasteiger partial charge is 0.460 e. The molecule has 0 aliphatic heterocycles. The van der Waals surface area contributed by atoms with E-state index in [1.54, 1.807) is 0 Å². The predicted molar refractivity (Wildman–Crippen MR) is 100 cm³/mol. The van der Waals surface area contributed by atoms with E-state index in [0.717, 1.165) is 11.6 Å². The molecule has 0 saturated heterocycles. The van der Waals surface area contributed by atoms with Gasteiger partial charge in [-0.2, -0.15) is 0 Å². The molecule has 0 spiro atoms. The quantitative estimate of drug-likeness (QED) is 0.477. The number of nitro benzene ring substituents is 1. The second-order valence-corrected chi connectivity index (χ2v) is 7.10. The minimum Gasteiger partial charge on any atom is -0.460 e. The Morgan fingerprint density at radius 1 is 1.11 bits per heavy atom. The number of ether oxygens (including phenoxy) is 1. The molecule has 0 radical (unpaired) electrons. The van der Waals surface area contributed by atoms with Gasteiger partial charge >= 0.3 is 5.97 Å². The molecule has 1 N–H and O–H groups in total. The zero-order valence-corrected chi connectivity index (χ0v) is 15.5. The summed E-state index contributed by atoms with van der Waals surface area (Å²) in [6.07, 6.45) is 0. The molecule has 7 nitrogen and oxygen atoms in total.